The highest BCUT2D eigenvalue weighted by molar-refractivity contribution is 5.80. The molecule has 5 nitrogen and oxygen atoms in total. The van der Waals surface area contributed by atoms with Gasteiger partial charge < -0.3 is 19.9 Å². The van der Waals surface area contributed by atoms with Crippen LogP contribution in [0.4, 0.5) is 0 Å². The Bertz CT molecular complexity index is 386. The average Bonchev–Trinajstić information content (AvgIpc) is 3.17. The molecule has 2 heterocycles. The van der Waals surface area contributed by atoms with Crippen molar-refractivity contribution in [3.05, 3.63) is 0 Å². The van der Waals surface area contributed by atoms with Crippen LogP contribution in [-0.4, -0.2) is 75.8 Å². The number of rotatable bonds is 6. The first-order valence-corrected chi connectivity index (χ1v) is 9.25. The first kappa shape index (κ1) is 18.5. The molecule has 2 saturated heterocycles. The summed E-state index contributed by atoms with van der Waals surface area (Å²) in [6.45, 7) is 9.59. The molecular weight excluding hydrogens is 288 g/mol. The van der Waals surface area contributed by atoms with Gasteiger partial charge in [-0.1, -0.05) is 26.7 Å². The van der Waals surface area contributed by atoms with E-state index < -0.39 is 0 Å². The number of aliphatic imine (C=N–C) groups is 1. The summed E-state index contributed by atoms with van der Waals surface area (Å²) in [5.74, 6) is 1.79. The lowest BCUT2D eigenvalue weighted by molar-refractivity contribution is 0.156. The molecule has 2 unspecified atom stereocenters. The molecule has 0 amide bonds. The molecule has 0 aliphatic carbocycles. The largest absolute Gasteiger partial charge is 0.381 e. The van der Waals surface area contributed by atoms with Gasteiger partial charge in [0.1, 0.15) is 0 Å². The van der Waals surface area contributed by atoms with Gasteiger partial charge in [0, 0.05) is 44.7 Å². The molecule has 5 heteroatoms. The van der Waals surface area contributed by atoms with E-state index in [1.807, 2.05) is 7.05 Å². The maximum Gasteiger partial charge on any atom is 0.193 e. The molecule has 2 atom stereocenters. The molecule has 0 saturated carbocycles. The van der Waals surface area contributed by atoms with Crippen LogP contribution in [0.3, 0.4) is 0 Å². The fraction of sp³-hybridized carbons (Fsp3) is 0.944. The Hall–Kier alpha value is -0.810. The number of guanidine groups is 1. The van der Waals surface area contributed by atoms with Crippen molar-refractivity contribution in [3.63, 3.8) is 0 Å². The molecule has 23 heavy (non-hydrogen) atoms. The zero-order valence-electron chi connectivity index (χ0n) is 15.8. The summed E-state index contributed by atoms with van der Waals surface area (Å²) in [7, 11) is 6.28. The fourth-order valence-corrected chi connectivity index (χ4v) is 4.22. The zero-order chi connectivity index (χ0) is 16.9. The lowest BCUT2D eigenvalue weighted by Crippen LogP contribution is -2.49. The number of nitrogens with one attached hydrogen (secondary N) is 1. The van der Waals surface area contributed by atoms with Gasteiger partial charge in [-0.25, -0.2) is 0 Å². The van der Waals surface area contributed by atoms with Gasteiger partial charge in [0.25, 0.3) is 0 Å². The van der Waals surface area contributed by atoms with E-state index in [0.717, 1.165) is 44.7 Å². The molecule has 0 aromatic heterocycles. The minimum absolute atomic E-state index is 0.383. The number of likely N-dealkylation sites (tertiary alicyclic amines) is 1. The molecule has 0 aromatic rings. The molecule has 2 aliphatic heterocycles. The van der Waals surface area contributed by atoms with E-state index in [1.165, 1.54) is 25.7 Å². The van der Waals surface area contributed by atoms with Crippen molar-refractivity contribution in [1.82, 2.24) is 15.1 Å². The van der Waals surface area contributed by atoms with Gasteiger partial charge in [-0.15, -0.1) is 0 Å². The van der Waals surface area contributed by atoms with Gasteiger partial charge in [-0.3, -0.25) is 4.99 Å². The smallest absolute Gasteiger partial charge is 0.193 e. The van der Waals surface area contributed by atoms with Crippen LogP contribution in [0.15, 0.2) is 4.99 Å². The van der Waals surface area contributed by atoms with Gasteiger partial charge in [0.05, 0.1) is 6.61 Å². The predicted octanol–water partition coefficient (Wildman–Crippen LogP) is 2.04. The van der Waals surface area contributed by atoms with Gasteiger partial charge in [0.2, 0.25) is 0 Å². The Morgan fingerprint density at radius 1 is 1.30 bits per heavy atom. The standard InChI is InChI=1S/C18H36N4O/c1-6-15(7-2)16(21(4)5)12-20-17(19-3)22-10-8-18(13-22)9-11-23-14-18/h15-16H,6-14H2,1-5H3,(H,19,20). The lowest BCUT2D eigenvalue weighted by atomic mass is 9.87. The molecule has 0 bridgehead atoms. The van der Waals surface area contributed by atoms with Crippen LogP contribution in [0.5, 0.6) is 0 Å². The highest BCUT2D eigenvalue weighted by Gasteiger charge is 2.42. The van der Waals surface area contributed by atoms with Crippen LogP contribution < -0.4 is 5.32 Å². The number of ether oxygens (including phenoxy) is 1. The third kappa shape index (κ3) is 4.38. The predicted molar refractivity (Wildman–Crippen MR) is 97.0 cm³/mol. The Morgan fingerprint density at radius 2 is 2.04 bits per heavy atom. The minimum atomic E-state index is 0.383. The third-order valence-corrected chi connectivity index (χ3v) is 5.86. The maximum atomic E-state index is 5.64. The molecule has 0 radical (unpaired) electrons. The first-order chi connectivity index (χ1) is 11.0. The van der Waals surface area contributed by atoms with E-state index in [1.54, 1.807) is 0 Å². The Balaban J connectivity index is 1.92. The highest BCUT2D eigenvalue weighted by Crippen LogP contribution is 2.38. The van der Waals surface area contributed by atoms with E-state index in [-0.39, 0.29) is 0 Å². The molecule has 2 fully saturated rings. The van der Waals surface area contributed by atoms with E-state index in [4.69, 9.17) is 4.74 Å². The minimum Gasteiger partial charge on any atom is -0.381 e. The zero-order valence-corrected chi connectivity index (χ0v) is 15.8. The van der Waals surface area contributed by atoms with Crippen LogP contribution >= 0.6 is 0 Å². The van der Waals surface area contributed by atoms with Crippen LogP contribution in [0.2, 0.25) is 0 Å². The van der Waals surface area contributed by atoms with Crippen LogP contribution in [-0.2, 0) is 4.74 Å². The Labute approximate surface area is 142 Å². The van der Waals surface area contributed by atoms with Crippen LogP contribution in [0.1, 0.15) is 39.5 Å². The number of hydrogen-bond acceptors (Lipinski definition) is 3. The quantitative estimate of drug-likeness (QED) is 0.599. The summed E-state index contributed by atoms with van der Waals surface area (Å²) in [4.78, 5) is 9.32. The second-order valence-corrected chi connectivity index (χ2v) is 7.51. The van der Waals surface area contributed by atoms with Crippen molar-refractivity contribution >= 4 is 5.96 Å². The van der Waals surface area contributed by atoms with E-state index >= 15 is 0 Å². The van der Waals surface area contributed by atoms with E-state index in [9.17, 15) is 0 Å². The van der Waals surface area contributed by atoms with Crippen molar-refractivity contribution in [2.45, 2.75) is 45.6 Å². The molecule has 2 rings (SSSR count). The summed E-state index contributed by atoms with van der Waals surface area (Å²) in [6, 6.07) is 0.549. The van der Waals surface area contributed by atoms with Crippen molar-refractivity contribution in [3.8, 4) is 0 Å². The summed E-state index contributed by atoms with van der Waals surface area (Å²) in [5.41, 5.74) is 0.383. The van der Waals surface area contributed by atoms with Gasteiger partial charge in [0.15, 0.2) is 5.96 Å². The second kappa shape index (κ2) is 8.34. The highest BCUT2D eigenvalue weighted by atomic mass is 16.5. The average molecular weight is 325 g/mol. The monoisotopic (exact) mass is 324 g/mol. The fourth-order valence-electron chi connectivity index (χ4n) is 4.22. The SMILES string of the molecule is CCC(CC)C(CNC(=NC)N1CCC2(CCOC2)C1)N(C)C. The summed E-state index contributed by atoms with van der Waals surface area (Å²) < 4.78 is 5.64. The molecule has 134 valence electrons. The van der Waals surface area contributed by atoms with Crippen LogP contribution in [0, 0.1) is 11.3 Å². The number of hydrogen-bond donors (Lipinski definition) is 1. The molecular formula is C18H36N4O. The molecule has 1 spiro atoms. The number of likely N-dealkylation sites (N-methyl/N-ethyl adjacent to an activating group) is 1. The van der Waals surface area contributed by atoms with Gasteiger partial charge in [-0.2, -0.15) is 0 Å². The second-order valence-electron chi connectivity index (χ2n) is 7.51. The molecule has 1 N–H and O–H groups in total. The first-order valence-electron chi connectivity index (χ1n) is 9.25. The number of nitrogens with zero attached hydrogens (tertiary/aromatic N) is 3. The topological polar surface area (TPSA) is 40.1 Å². The van der Waals surface area contributed by atoms with Crippen molar-refractivity contribution in [2.75, 3.05) is 54.0 Å². The molecule has 2 aliphatic rings. The Morgan fingerprint density at radius 3 is 2.57 bits per heavy atom. The maximum absolute atomic E-state index is 5.64. The normalized spacial score (nSPS) is 26.7. The van der Waals surface area contributed by atoms with E-state index in [2.05, 4.69) is 48.1 Å². The summed E-state index contributed by atoms with van der Waals surface area (Å²) in [6.07, 6.45) is 4.89. The van der Waals surface area contributed by atoms with Crippen molar-refractivity contribution < 1.29 is 4.74 Å². The molecule has 0 aromatic carbocycles. The Kier molecular flexibility index (Phi) is 6.72. The summed E-state index contributed by atoms with van der Waals surface area (Å²) in [5, 5.41) is 3.64. The van der Waals surface area contributed by atoms with E-state index in [0.29, 0.717) is 11.5 Å². The van der Waals surface area contributed by atoms with Crippen LogP contribution in [0.25, 0.3) is 0 Å². The van der Waals surface area contributed by atoms with Crippen molar-refractivity contribution in [1.29, 1.82) is 0 Å². The van der Waals surface area contributed by atoms with Crippen molar-refractivity contribution in [2.24, 2.45) is 16.3 Å². The lowest BCUT2D eigenvalue weighted by Gasteiger charge is -2.33. The summed E-state index contributed by atoms with van der Waals surface area (Å²) >= 11 is 0. The van der Waals surface area contributed by atoms with Gasteiger partial charge >= 0.3 is 0 Å². The van der Waals surface area contributed by atoms with Gasteiger partial charge in [-0.05, 0) is 32.9 Å². The third-order valence-electron chi connectivity index (χ3n) is 5.86.